The van der Waals surface area contributed by atoms with Crippen LogP contribution in [0.2, 0.25) is 0 Å². The maximum Gasteiger partial charge on any atom is 0.342 e. The fourth-order valence-corrected chi connectivity index (χ4v) is 6.77. The Morgan fingerprint density at radius 1 is 0.897 bits per heavy atom. The van der Waals surface area contributed by atoms with Crippen molar-refractivity contribution < 1.29 is 28.8 Å². The predicted octanol–water partition coefficient (Wildman–Crippen LogP) is 8.18. The summed E-state index contributed by atoms with van der Waals surface area (Å²) in [5.74, 6) is 0.909. The summed E-state index contributed by atoms with van der Waals surface area (Å²) in [6.07, 6.45) is 2.12. The van der Waals surface area contributed by atoms with E-state index in [0.717, 1.165) is 33.4 Å². The van der Waals surface area contributed by atoms with Crippen LogP contribution < -0.4 is 9.61 Å². The van der Waals surface area contributed by atoms with Crippen molar-refractivity contribution in [3.63, 3.8) is 0 Å². The van der Waals surface area contributed by atoms with Crippen molar-refractivity contribution in [2.45, 2.75) is 97.9 Å². The fourth-order valence-electron chi connectivity index (χ4n) is 5.05. The molecule has 1 fully saturated rings. The van der Waals surface area contributed by atoms with Gasteiger partial charge >= 0.3 is 13.5 Å². The number of nitrogens with one attached hydrogen (secondary N) is 1. The number of aliphatic carboxylic acids is 1. The Morgan fingerprint density at radius 2 is 1.36 bits per heavy atom. The van der Waals surface area contributed by atoms with Crippen LogP contribution in [0.25, 0.3) is 11.1 Å². The number of rotatable bonds is 13. The van der Waals surface area contributed by atoms with Crippen LogP contribution in [0.1, 0.15) is 114 Å². The molecule has 1 aliphatic rings. The molecule has 0 amide bonds. The maximum absolute atomic E-state index is 13.8. The van der Waals surface area contributed by atoms with Gasteiger partial charge in [-0.25, -0.2) is 5.09 Å². The molecule has 3 unspecified atom stereocenters. The number of carboxylic acid groups (broad SMARTS) is 1. The first-order valence-corrected chi connectivity index (χ1v) is 15.8. The lowest BCUT2D eigenvalue weighted by Crippen LogP contribution is -2.34. The van der Waals surface area contributed by atoms with Gasteiger partial charge in [-0.1, -0.05) is 48.5 Å². The quantitative estimate of drug-likeness (QED) is 0.213. The van der Waals surface area contributed by atoms with E-state index in [-0.39, 0.29) is 30.0 Å². The number of methoxy groups -OCH3 is 1. The summed E-state index contributed by atoms with van der Waals surface area (Å²) in [6.45, 7) is 16.1. The van der Waals surface area contributed by atoms with Gasteiger partial charge in [0.2, 0.25) is 0 Å². The zero-order valence-electron chi connectivity index (χ0n) is 24.9. The van der Waals surface area contributed by atoms with E-state index in [4.69, 9.17) is 9.26 Å². The standard InChI is InChI=1S/C31H46NO6P/c1-17(2)25-12-23(15-28(29(25)33)20(7)22-10-11-22)24-13-26(18(3)4)30(27(14-24)19(5)6)38-39(36,16-37-9)32-21(8)31(34)35/h12-15,17-22,33H,10-11,16H2,1-9H3,(H,32,36)(H,34,35). The van der Waals surface area contributed by atoms with Crippen molar-refractivity contribution in [3.05, 3.63) is 46.5 Å². The molecule has 3 atom stereocenters. The van der Waals surface area contributed by atoms with Crippen molar-refractivity contribution in [2.24, 2.45) is 5.92 Å². The molecule has 2 aromatic rings. The average Bonchev–Trinajstić information content (AvgIpc) is 3.69. The van der Waals surface area contributed by atoms with Crippen molar-refractivity contribution >= 4 is 13.5 Å². The molecule has 2 aromatic carbocycles. The molecule has 39 heavy (non-hydrogen) atoms. The van der Waals surface area contributed by atoms with Crippen LogP contribution in [0, 0.1) is 5.92 Å². The largest absolute Gasteiger partial charge is 0.507 e. The van der Waals surface area contributed by atoms with E-state index in [1.165, 1.54) is 26.9 Å². The van der Waals surface area contributed by atoms with Crippen molar-refractivity contribution in [1.29, 1.82) is 0 Å². The molecule has 1 saturated carbocycles. The first-order chi connectivity index (χ1) is 18.2. The Balaban J connectivity index is 2.21. The number of benzene rings is 2. The summed E-state index contributed by atoms with van der Waals surface area (Å²) >= 11 is 0. The third kappa shape index (κ3) is 7.25. The van der Waals surface area contributed by atoms with E-state index in [9.17, 15) is 19.6 Å². The van der Waals surface area contributed by atoms with Crippen molar-refractivity contribution in [1.82, 2.24) is 5.09 Å². The summed E-state index contributed by atoms with van der Waals surface area (Å²) in [4.78, 5) is 11.5. The third-order valence-electron chi connectivity index (χ3n) is 7.63. The number of phenolic OH excluding ortho intramolecular Hbond substituents is 1. The highest BCUT2D eigenvalue weighted by Crippen LogP contribution is 2.51. The molecular formula is C31H46NO6P. The summed E-state index contributed by atoms with van der Waals surface area (Å²) < 4.78 is 25.2. The number of ether oxygens (including phenoxy) is 1. The number of hydrogen-bond acceptors (Lipinski definition) is 5. The zero-order valence-corrected chi connectivity index (χ0v) is 25.8. The molecule has 1 aliphatic carbocycles. The second kappa shape index (κ2) is 12.4. The van der Waals surface area contributed by atoms with Gasteiger partial charge in [-0.15, -0.1) is 0 Å². The van der Waals surface area contributed by atoms with Gasteiger partial charge in [0.05, 0.1) is 0 Å². The van der Waals surface area contributed by atoms with Crippen LogP contribution in [0.15, 0.2) is 24.3 Å². The minimum atomic E-state index is -3.71. The molecule has 0 aromatic heterocycles. The molecule has 3 rings (SSSR count). The number of aromatic hydroxyl groups is 1. The van der Waals surface area contributed by atoms with Gasteiger partial charge in [-0.3, -0.25) is 9.36 Å². The highest BCUT2D eigenvalue weighted by molar-refractivity contribution is 7.57. The van der Waals surface area contributed by atoms with Gasteiger partial charge in [-0.05, 0) is 107 Å². The SMILES string of the molecule is COCP(=O)(NC(C)C(=O)O)Oc1c(C(C)C)cc(-c2cc(C(C)C)c(O)c(C(C)C3CC3)c2)cc1C(C)C. The summed E-state index contributed by atoms with van der Waals surface area (Å²) in [7, 11) is -2.30. The van der Waals surface area contributed by atoms with Gasteiger partial charge in [0.15, 0.2) is 0 Å². The molecule has 0 spiro atoms. The van der Waals surface area contributed by atoms with E-state index in [1.54, 1.807) is 0 Å². The molecule has 0 aliphatic heterocycles. The Morgan fingerprint density at radius 3 is 1.77 bits per heavy atom. The second-order valence-electron chi connectivity index (χ2n) is 11.9. The van der Waals surface area contributed by atoms with Crippen LogP contribution >= 0.6 is 7.52 Å². The smallest absolute Gasteiger partial charge is 0.342 e. The van der Waals surface area contributed by atoms with Gasteiger partial charge in [0.1, 0.15) is 23.9 Å². The first-order valence-electron chi connectivity index (χ1n) is 14.0. The lowest BCUT2D eigenvalue weighted by Gasteiger charge is -2.27. The van der Waals surface area contributed by atoms with E-state index in [0.29, 0.717) is 17.4 Å². The Kier molecular flexibility index (Phi) is 9.96. The Labute approximate surface area is 233 Å². The van der Waals surface area contributed by atoms with E-state index >= 15 is 0 Å². The number of carboxylic acids is 1. The molecule has 0 radical (unpaired) electrons. The molecule has 0 saturated heterocycles. The van der Waals surface area contributed by atoms with Crippen LogP contribution in [-0.2, 0) is 14.1 Å². The van der Waals surface area contributed by atoms with E-state index in [1.807, 2.05) is 0 Å². The van der Waals surface area contributed by atoms with Crippen molar-refractivity contribution in [3.8, 4) is 22.6 Å². The molecule has 8 heteroatoms. The third-order valence-corrected chi connectivity index (χ3v) is 9.49. The summed E-state index contributed by atoms with van der Waals surface area (Å²) in [5, 5.41) is 23.3. The molecule has 0 heterocycles. The van der Waals surface area contributed by atoms with Gasteiger partial charge in [0.25, 0.3) is 0 Å². The molecule has 7 nitrogen and oxygen atoms in total. The minimum Gasteiger partial charge on any atom is -0.507 e. The van der Waals surface area contributed by atoms with Crippen LogP contribution in [0.3, 0.4) is 0 Å². The van der Waals surface area contributed by atoms with E-state index < -0.39 is 19.5 Å². The van der Waals surface area contributed by atoms with Gasteiger partial charge in [0, 0.05) is 7.11 Å². The Hall–Kier alpha value is -2.34. The highest BCUT2D eigenvalue weighted by atomic mass is 31.2. The van der Waals surface area contributed by atoms with Crippen molar-refractivity contribution in [2.75, 3.05) is 13.5 Å². The normalized spacial score (nSPS) is 16.9. The van der Waals surface area contributed by atoms with Crippen LogP contribution in [0.4, 0.5) is 0 Å². The minimum absolute atomic E-state index is 0.0388. The number of hydrogen-bond donors (Lipinski definition) is 3. The molecule has 216 valence electrons. The maximum atomic E-state index is 13.8. The number of carbonyl (C=O) groups is 1. The molecule has 3 N–H and O–H groups in total. The summed E-state index contributed by atoms with van der Waals surface area (Å²) in [6, 6.07) is 7.28. The summed E-state index contributed by atoms with van der Waals surface area (Å²) in [5.41, 5.74) is 5.74. The molecule has 0 bridgehead atoms. The lowest BCUT2D eigenvalue weighted by molar-refractivity contribution is -0.138. The fraction of sp³-hybridized carbons (Fsp3) is 0.581. The van der Waals surface area contributed by atoms with Gasteiger partial charge < -0.3 is 19.5 Å². The molecular weight excluding hydrogens is 513 g/mol. The second-order valence-corrected chi connectivity index (χ2v) is 14.0. The first kappa shape index (κ1) is 31.2. The lowest BCUT2D eigenvalue weighted by atomic mass is 9.85. The monoisotopic (exact) mass is 559 g/mol. The van der Waals surface area contributed by atoms with E-state index in [2.05, 4.69) is 77.8 Å². The predicted molar refractivity (Wildman–Crippen MR) is 157 cm³/mol. The van der Waals surface area contributed by atoms with Crippen LogP contribution in [-0.4, -0.2) is 35.7 Å². The zero-order chi connectivity index (χ0) is 29.2. The van der Waals surface area contributed by atoms with Crippen LogP contribution in [0.5, 0.6) is 11.5 Å². The Bertz CT molecular complexity index is 1200. The highest BCUT2D eigenvalue weighted by Gasteiger charge is 2.34. The number of phenols is 1. The average molecular weight is 560 g/mol. The topological polar surface area (TPSA) is 105 Å². The van der Waals surface area contributed by atoms with Gasteiger partial charge in [-0.2, -0.15) is 0 Å².